The number of nitrogens with one attached hydrogen (secondary N) is 1. The van der Waals surface area contributed by atoms with Gasteiger partial charge in [0, 0.05) is 16.9 Å². The highest BCUT2D eigenvalue weighted by molar-refractivity contribution is 5.95. The van der Waals surface area contributed by atoms with Gasteiger partial charge >= 0.3 is 5.97 Å². The van der Waals surface area contributed by atoms with E-state index >= 15 is 0 Å². The molecule has 7 heteroatoms. The molecule has 3 heterocycles. The Morgan fingerprint density at radius 2 is 1.85 bits per heavy atom. The molecule has 1 aliphatic carbocycles. The van der Waals surface area contributed by atoms with E-state index in [-0.39, 0.29) is 17.8 Å². The molecule has 33 heavy (non-hydrogen) atoms. The molecule has 2 aromatic heterocycles. The lowest BCUT2D eigenvalue weighted by atomic mass is 9.74. The number of hydrogen-bond acceptors (Lipinski definition) is 5. The maximum absolute atomic E-state index is 12.9. The number of carbonyl (C=O) groups is 2. The van der Waals surface area contributed by atoms with Gasteiger partial charge in [0.2, 0.25) is 5.91 Å². The first-order valence-corrected chi connectivity index (χ1v) is 11.1. The van der Waals surface area contributed by atoms with Crippen molar-refractivity contribution in [2.24, 2.45) is 5.92 Å². The minimum Gasteiger partial charge on any atom is -0.451 e. The van der Waals surface area contributed by atoms with Crippen molar-refractivity contribution in [1.82, 2.24) is 14.5 Å². The van der Waals surface area contributed by atoms with Crippen LogP contribution in [0.15, 0.2) is 73.3 Å². The van der Waals surface area contributed by atoms with Gasteiger partial charge in [-0.15, -0.1) is 0 Å². The van der Waals surface area contributed by atoms with E-state index in [9.17, 15) is 9.59 Å². The molecule has 6 rings (SSSR count). The number of imidazole rings is 1. The summed E-state index contributed by atoms with van der Waals surface area (Å²) in [5.74, 6) is 0.0484. The second-order valence-electron chi connectivity index (χ2n) is 8.75. The Kier molecular flexibility index (Phi) is 4.50. The minimum absolute atomic E-state index is 0.0515. The van der Waals surface area contributed by atoms with E-state index in [0.717, 1.165) is 22.2 Å². The largest absolute Gasteiger partial charge is 0.451 e. The predicted octanol–water partition coefficient (Wildman–Crippen LogP) is 4.62. The zero-order valence-electron chi connectivity index (χ0n) is 17.9. The second-order valence-corrected chi connectivity index (χ2v) is 8.75. The smallest absolute Gasteiger partial charge is 0.339 e. The fraction of sp³-hybridized carbons (Fsp3) is 0.231. The summed E-state index contributed by atoms with van der Waals surface area (Å²) in [7, 11) is 0. The van der Waals surface area contributed by atoms with E-state index in [4.69, 9.17) is 4.74 Å². The molecule has 4 aromatic rings. The maximum atomic E-state index is 12.9. The van der Waals surface area contributed by atoms with Crippen LogP contribution in [0, 0.1) is 5.92 Å². The van der Waals surface area contributed by atoms with Crippen molar-refractivity contribution < 1.29 is 14.3 Å². The summed E-state index contributed by atoms with van der Waals surface area (Å²) in [4.78, 5) is 34.0. The van der Waals surface area contributed by atoms with Gasteiger partial charge in [0.05, 0.1) is 29.2 Å². The van der Waals surface area contributed by atoms with Gasteiger partial charge in [-0.1, -0.05) is 36.4 Å². The van der Waals surface area contributed by atoms with Gasteiger partial charge in [-0.2, -0.15) is 0 Å². The van der Waals surface area contributed by atoms with Crippen LogP contribution in [0.1, 0.15) is 41.6 Å². The Balaban J connectivity index is 1.13. The topological polar surface area (TPSA) is 86.1 Å². The first-order valence-electron chi connectivity index (χ1n) is 11.1. The summed E-state index contributed by atoms with van der Waals surface area (Å²) in [5, 5.41) is 3.99. The first-order chi connectivity index (χ1) is 16.1. The van der Waals surface area contributed by atoms with E-state index in [1.165, 1.54) is 0 Å². The number of esters is 1. The Morgan fingerprint density at radius 1 is 1.06 bits per heavy atom. The number of benzene rings is 2. The summed E-state index contributed by atoms with van der Waals surface area (Å²) in [5.41, 5.74) is 2.82. The number of fused-ring (bicyclic) bond motifs is 3. The van der Waals surface area contributed by atoms with Gasteiger partial charge in [-0.05, 0) is 43.9 Å². The van der Waals surface area contributed by atoms with Crippen LogP contribution in [0.25, 0.3) is 16.6 Å². The average molecular weight is 438 g/mol. The molecule has 2 aliphatic rings. The van der Waals surface area contributed by atoms with Crippen LogP contribution in [0.3, 0.4) is 0 Å². The summed E-state index contributed by atoms with van der Waals surface area (Å²) in [6.45, 7) is 0. The number of aromatic nitrogens is 3. The Bertz CT molecular complexity index is 1390. The van der Waals surface area contributed by atoms with Crippen molar-refractivity contribution in [1.29, 1.82) is 0 Å². The molecule has 7 nitrogen and oxygen atoms in total. The molecule has 1 saturated carbocycles. The van der Waals surface area contributed by atoms with Crippen LogP contribution < -0.4 is 5.32 Å². The standard InChI is InChI=1S/C26H22N4O3/c31-24(17-9-11-26(12-10-17)21-7-3-2-6-20(21)25(32)33-26)29-23-15-30(16-28-23)19-13-18-5-1-4-8-22(18)27-14-19/h1-8,13-17H,9-12H2,(H,29,31)/t17-,26-. The summed E-state index contributed by atoms with van der Waals surface area (Å²) >= 11 is 0. The lowest BCUT2D eigenvalue weighted by Gasteiger charge is -2.35. The van der Waals surface area contributed by atoms with Crippen LogP contribution in [0.2, 0.25) is 0 Å². The monoisotopic (exact) mass is 438 g/mol. The van der Waals surface area contributed by atoms with Gasteiger partial charge in [0.25, 0.3) is 0 Å². The zero-order valence-corrected chi connectivity index (χ0v) is 17.9. The molecule has 0 saturated heterocycles. The summed E-state index contributed by atoms with van der Waals surface area (Å²) in [6.07, 6.45) is 7.85. The zero-order chi connectivity index (χ0) is 22.4. The normalized spacial score (nSPS) is 21.7. The van der Waals surface area contributed by atoms with E-state index in [1.54, 1.807) is 18.7 Å². The average Bonchev–Trinajstić information content (AvgIpc) is 3.42. The molecule has 0 bridgehead atoms. The number of anilines is 1. The van der Waals surface area contributed by atoms with Crippen LogP contribution in [-0.4, -0.2) is 26.4 Å². The Hall–Kier alpha value is -4.00. The van der Waals surface area contributed by atoms with E-state index in [2.05, 4.69) is 15.3 Å². The van der Waals surface area contributed by atoms with Crippen molar-refractivity contribution in [3.05, 3.63) is 84.4 Å². The molecule has 1 fully saturated rings. The molecule has 2 aromatic carbocycles. The van der Waals surface area contributed by atoms with E-state index < -0.39 is 5.60 Å². The molecular weight excluding hydrogens is 416 g/mol. The SMILES string of the molecule is O=C1O[C@]2(CC[C@H](C(=O)Nc3cn(-c4cnc5ccccc5c4)cn3)CC2)c2ccccc21. The summed E-state index contributed by atoms with van der Waals surface area (Å²) in [6, 6.07) is 17.5. The van der Waals surface area contributed by atoms with Gasteiger partial charge in [0.1, 0.15) is 11.9 Å². The number of nitrogens with zero attached hydrogens (tertiary/aromatic N) is 3. The highest BCUT2D eigenvalue weighted by Gasteiger charge is 2.48. The number of ether oxygens (including phenoxy) is 1. The molecule has 164 valence electrons. The Labute approximate surface area is 190 Å². The highest BCUT2D eigenvalue weighted by atomic mass is 16.6. The van der Waals surface area contributed by atoms with Crippen LogP contribution in [-0.2, 0) is 15.1 Å². The van der Waals surface area contributed by atoms with Crippen LogP contribution in [0.5, 0.6) is 0 Å². The van der Waals surface area contributed by atoms with Crippen molar-refractivity contribution in [3.8, 4) is 5.69 Å². The van der Waals surface area contributed by atoms with E-state index in [0.29, 0.717) is 37.1 Å². The number of carbonyl (C=O) groups excluding carboxylic acids is 2. The number of pyridine rings is 1. The number of hydrogen-bond donors (Lipinski definition) is 1. The highest BCUT2D eigenvalue weighted by Crippen LogP contribution is 2.48. The maximum Gasteiger partial charge on any atom is 0.339 e. The number of para-hydroxylation sites is 1. The molecule has 1 N–H and O–H groups in total. The fourth-order valence-electron chi connectivity index (χ4n) is 5.02. The van der Waals surface area contributed by atoms with Gasteiger partial charge in [0.15, 0.2) is 5.82 Å². The quantitative estimate of drug-likeness (QED) is 0.472. The van der Waals surface area contributed by atoms with E-state index in [1.807, 2.05) is 59.2 Å². The van der Waals surface area contributed by atoms with Gasteiger partial charge in [-0.3, -0.25) is 9.78 Å². The minimum atomic E-state index is -0.588. The Morgan fingerprint density at radius 3 is 2.73 bits per heavy atom. The molecule has 0 radical (unpaired) electrons. The third-order valence-electron chi connectivity index (χ3n) is 6.80. The number of amides is 1. The molecule has 1 amide bonds. The van der Waals surface area contributed by atoms with Crippen molar-refractivity contribution in [3.63, 3.8) is 0 Å². The molecular formula is C26H22N4O3. The van der Waals surface area contributed by atoms with Crippen LogP contribution >= 0.6 is 0 Å². The lowest BCUT2D eigenvalue weighted by molar-refractivity contribution is -0.122. The third-order valence-corrected chi connectivity index (χ3v) is 6.80. The first kappa shape index (κ1) is 19.7. The van der Waals surface area contributed by atoms with Gasteiger partial charge < -0.3 is 14.6 Å². The van der Waals surface area contributed by atoms with Gasteiger partial charge in [-0.25, -0.2) is 9.78 Å². The molecule has 1 aliphatic heterocycles. The second kappa shape index (κ2) is 7.55. The molecule has 0 atom stereocenters. The lowest BCUT2D eigenvalue weighted by Crippen LogP contribution is -2.36. The third kappa shape index (κ3) is 3.36. The summed E-state index contributed by atoms with van der Waals surface area (Å²) < 4.78 is 7.64. The molecule has 0 unspecified atom stereocenters. The van der Waals surface area contributed by atoms with Crippen molar-refractivity contribution in [2.75, 3.05) is 5.32 Å². The van der Waals surface area contributed by atoms with Crippen molar-refractivity contribution in [2.45, 2.75) is 31.3 Å². The number of rotatable bonds is 3. The predicted molar refractivity (Wildman–Crippen MR) is 123 cm³/mol. The van der Waals surface area contributed by atoms with Crippen molar-refractivity contribution >= 4 is 28.6 Å². The fourth-order valence-corrected chi connectivity index (χ4v) is 5.02. The molecule has 1 spiro atoms. The van der Waals surface area contributed by atoms with Crippen LogP contribution in [0.4, 0.5) is 5.82 Å².